The zero-order chi connectivity index (χ0) is 10.9. The monoisotopic (exact) mass is 211 g/mol. The van der Waals surface area contributed by atoms with Crippen molar-refractivity contribution >= 4 is 0 Å². The molecule has 3 nitrogen and oxygen atoms in total. The molecule has 3 heteroatoms. The predicted molar refractivity (Wildman–Crippen MR) is 64.2 cm³/mol. The van der Waals surface area contributed by atoms with E-state index in [0.29, 0.717) is 5.54 Å². The summed E-state index contributed by atoms with van der Waals surface area (Å²) in [7, 11) is 6.66. The van der Waals surface area contributed by atoms with Crippen molar-refractivity contribution in [3.8, 4) is 0 Å². The largest absolute Gasteiger partial charge is 0.311 e. The number of likely N-dealkylation sites (N-methyl/N-ethyl adjacent to an activating group) is 2. The zero-order valence-corrected chi connectivity index (χ0v) is 10.4. The smallest absolute Gasteiger partial charge is 0.0328 e. The van der Waals surface area contributed by atoms with Gasteiger partial charge in [0.2, 0.25) is 0 Å². The third-order valence-electron chi connectivity index (χ3n) is 4.34. The Bertz CT molecular complexity index is 211. The third kappa shape index (κ3) is 2.35. The lowest BCUT2D eigenvalue weighted by molar-refractivity contribution is 0.0574. The Morgan fingerprint density at radius 3 is 2.53 bits per heavy atom. The highest BCUT2D eigenvalue weighted by molar-refractivity contribution is 4.98. The van der Waals surface area contributed by atoms with Crippen LogP contribution in [0.25, 0.3) is 0 Å². The summed E-state index contributed by atoms with van der Waals surface area (Å²) in [6.07, 6.45) is 5.47. The summed E-state index contributed by atoms with van der Waals surface area (Å²) in [6.45, 7) is 3.66. The summed E-state index contributed by atoms with van der Waals surface area (Å²) in [5.41, 5.74) is 0.473. The van der Waals surface area contributed by atoms with Gasteiger partial charge < -0.3 is 15.1 Å². The van der Waals surface area contributed by atoms with Crippen molar-refractivity contribution in [3.05, 3.63) is 0 Å². The lowest BCUT2D eigenvalue weighted by atomic mass is 9.75. The van der Waals surface area contributed by atoms with Gasteiger partial charge in [-0.15, -0.1) is 0 Å². The average molecular weight is 211 g/mol. The average Bonchev–Trinajstić information content (AvgIpc) is 2.49. The molecule has 0 aromatic carbocycles. The van der Waals surface area contributed by atoms with E-state index < -0.39 is 0 Å². The summed E-state index contributed by atoms with van der Waals surface area (Å²) in [6, 6.07) is 0.729. The lowest BCUT2D eigenvalue weighted by Crippen LogP contribution is -2.57. The maximum Gasteiger partial charge on any atom is 0.0328 e. The first kappa shape index (κ1) is 11.4. The minimum absolute atomic E-state index is 0.473. The number of nitrogens with zero attached hydrogens (tertiary/aromatic N) is 2. The Balaban J connectivity index is 1.77. The Morgan fingerprint density at radius 1 is 1.40 bits per heavy atom. The van der Waals surface area contributed by atoms with Gasteiger partial charge in [0.05, 0.1) is 0 Å². The van der Waals surface area contributed by atoms with Crippen LogP contribution in [0.3, 0.4) is 0 Å². The molecule has 0 aromatic rings. The first-order chi connectivity index (χ1) is 7.12. The molecule has 2 aliphatic rings. The molecule has 1 N–H and O–H groups in total. The minimum atomic E-state index is 0.473. The highest BCUT2D eigenvalue weighted by Gasteiger charge is 2.39. The zero-order valence-electron chi connectivity index (χ0n) is 10.4. The molecule has 0 aromatic heterocycles. The van der Waals surface area contributed by atoms with Gasteiger partial charge in [-0.25, -0.2) is 0 Å². The number of hydrogen-bond acceptors (Lipinski definition) is 3. The van der Waals surface area contributed by atoms with Crippen molar-refractivity contribution < 1.29 is 0 Å². The maximum atomic E-state index is 3.75. The van der Waals surface area contributed by atoms with E-state index >= 15 is 0 Å². The van der Waals surface area contributed by atoms with Crippen LogP contribution in [-0.2, 0) is 0 Å². The van der Waals surface area contributed by atoms with Crippen molar-refractivity contribution in [1.29, 1.82) is 0 Å². The maximum absolute atomic E-state index is 3.75. The van der Waals surface area contributed by atoms with Gasteiger partial charge in [0, 0.05) is 24.7 Å². The molecule has 88 valence electrons. The van der Waals surface area contributed by atoms with Crippen molar-refractivity contribution in [2.75, 3.05) is 40.8 Å². The highest BCUT2D eigenvalue weighted by atomic mass is 15.2. The quantitative estimate of drug-likeness (QED) is 0.741. The van der Waals surface area contributed by atoms with Gasteiger partial charge in [0.1, 0.15) is 0 Å². The van der Waals surface area contributed by atoms with Gasteiger partial charge in [0.25, 0.3) is 0 Å². The molecule has 1 atom stereocenters. The first-order valence-corrected chi connectivity index (χ1v) is 6.22. The summed E-state index contributed by atoms with van der Waals surface area (Å²) < 4.78 is 0. The second-order valence-electron chi connectivity index (χ2n) is 5.60. The van der Waals surface area contributed by atoms with Gasteiger partial charge in [-0.05, 0) is 53.4 Å². The van der Waals surface area contributed by atoms with E-state index in [1.165, 1.54) is 45.3 Å². The van der Waals surface area contributed by atoms with Crippen LogP contribution in [0.15, 0.2) is 0 Å². The molecule has 1 heterocycles. The predicted octanol–water partition coefficient (Wildman–Crippen LogP) is 0.764. The van der Waals surface area contributed by atoms with E-state index in [2.05, 4.69) is 36.3 Å². The molecule has 1 aliphatic heterocycles. The van der Waals surface area contributed by atoms with Crippen LogP contribution in [0, 0.1) is 0 Å². The normalized spacial score (nSPS) is 30.8. The SMILES string of the molecule is CN1CCC(NCC2(N(C)C)CCC2)C1. The van der Waals surface area contributed by atoms with E-state index in [-0.39, 0.29) is 0 Å². The summed E-state index contributed by atoms with van der Waals surface area (Å²) in [5, 5.41) is 3.75. The van der Waals surface area contributed by atoms with Crippen LogP contribution in [0.5, 0.6) is 0 Å². The van der Waals surface area contributed by atoms with Crippen LogP contribution in [-0.4, -0.2) is 62.2 Å². The topological polar surface area (TPSA) is 18.5 Å². The Hall–Kier alpha value is -0.120. The Labute approximate surface area is 93.8 Å². The van der Waals surface area contributed by atoms with Gasteiger partial charge >= 0.3 is 0 Å². The van der Waals surface area contributed by atoms with Gasteiger partial charge in [-0.2, -0.15) is 0 Å². The summed E-state index contributed by atoms with van der Waals surface area (Å²) >= 11 is 0. The van der Waals surface area contributed by atoms with Gasteiger partial charge in [-0.3, -0.25) is 0 Å². The molecular weight excluding hydrogens is 186 g/mol. The van der Waals surface area contributed by atoms with Crippen molar-refractivity contribution in [2.45, 2.75) is 37.3 Å². The van der Waals surface area contributed by atoms with E-state index in [1.54, 1.807) is 0 Å². The molecule has 0 spiro atoms. The lowest BCUT2D eigenvalue weighted by Gasteiger charge is -2.48. The molecule has 2 fully saturated rings. The summed E-state index contributed by atoms with van der Waals surface area (Å²) in [4.78, 5) is 4.84. The third-order valence-corrected chi connectivity index (χ3v) is 4.34. The van der Waals surface area contributed by atoms with Crippen LogP contribution in [0.2, 0.25) is 0 Å². The highest BCUT2D eigenvalue weighted by Crippen LogP contribution is 2.35. The summed E-state index contributed by atoms with van der Waals surface area (Å²) in [5.74, 6) is 0. The van der Waals surface area contributed by atoms with Crippen LogP contribution in [0.4, 0.5) is 0 Å². The van der Waals surface area contributed by atoms with Gasteiger partial charge in [-0.1, -0.05) is 0 Å². The molecule has 1 saturated heterocycles. The molecule has 0 radical (unpaired) electrons. The number of likely N-dealkylation sites (tertiary alicyclic amines) is 1. The molecule has 2 rings (SSSR count). The van der Waals surface area contributed by atoms with E-state index in [4.69, 9.17) is 0 Å². The fourth-order valence-electron chi connectivity index (χ4n) is 2.80. The van der Waals surface area contributed by atoms with E-state index in [0.717, 1.165) is 6.04 Å². The molecule has 0 bridgehead atoms. The molecule has 1 saturated carbocycles. The van der Waals surface area contributed by atoms with Gasteiger partial charge in [0.15, 0.2) is 0 Å². The molecule has 15 heavy (non-hydrogen) atoms. The van der Waals surface area contributed by atoms with Crippen LogP contribution >= 0.6 is 0 Å². The number of rotatable bonds is 4. The molecule has 1 unspecified atom stereocenters. The fraction of sp³-hybridized carbons (Fsp3) is 1.00. The fourth-order valence-corrected chi connectivity index (χ4v) is 2.80. The van der Waals surface area contributed by atoms with E-state index in [1.807, 2.05) is 0 Å². The molecular formula is C12H25N3. The van der Waals surface area contributed by atoms with Crippen molar-refractivity contribution in [3.63, 3.8) is 0 Å². The number of nitrogens with one attached hydrogen (secondary N) is 1. The standard InChI is InChI=1S/C12H25N3/c1-14(2)12(6-4-7-12)10-13-11-5-8-15(3)9-11/h11,13H,4-10H2,1-3H3. The number of hydrogen-bond donors (Lipinski definition) is 1. The second kappa shape index (κ2) is 4.40. The van der Waals surface area contributed by atoms with Crippen molar-refractivity contribution in [1.82, 2.24) is 15.1 Å². The van der Waals surface area contributed by atoms with Crippen LogP contribution in [0.1, 0.15) is 25.7 Å². The second-order valence-corrected chi connectivity index (χ2v) is 5.60. The molecule has 0 amide bonds. The Kier molecular flexibility index (Phi) is 3.33. The minimum Gasteiger partial charge on any atom is -0.311 e. The van der Waals surface area contributed by atoms with Crippen molar-refractivity contribution in [2.24, 2.45) is 0 Å². The van der Waals surface area contributed by atoms with Crippen LogP contribution < -0.4 is 5.32 Å². The first-order valence-electron chi connectivity index (χ1n) is 6.22. The van der Waals surface area contributed by atoms with E-state index in [9.17, 15) is 0 Å². The molecule has 1 aliphatic carbocycles. The Morgan fingerprint density at radius 2 is 2.13 bits per heavy atom.